The zero-order valence-corrected chi connectivity index (χ0v) is 16.5. The quantitative estimate of drug-likeness (QED) is 0.747. The van der Waals surface area contributed by atoms with E-state index in [0.29, 0.717) is 5.82 Å². The Bertz CT molecular complexity index is 882. The van der Waals surface area contributed by atoms with Crippen molar-refractivity contribution in [3.05, 3.63) is 23.7 Å². The molecular formula is C15H24N6O4S. The first-order valence-corrected chi connectivity index (χ1v) is 9.51. The van der Waals surface area contributed by atoms with Gasteiger partial charge in [-0.2, -0.15) is 22.8 Å². The molecule has 2 aromatic rings. The average molecular weight is 384 g/mol. The summed E-state index contributed by atoms with van der Waals surface area (Å²) in [6.07, 6.45) is 3.02. The van der Waals surface area contributed by atoms with E-state index in [4.69, 9.17) is 4.42 Å². The summed E-state index contributed by atoms with van der Waals surface area (Å²) in [5.74, 6) is -0.0938. The molecule has 0 saturated carbocycles. The van der Waals surface area contributed by atoms with Gasteiger partial charge in [0, 0.05) is 31.9 Å². The van der Waals surface area contributed by atoms with Crippen molar-refractivity contribution < 1.29 is 17.6 Å². The molecule has 2 N–H and O–H groups in total. The van der Waals surface area contributed by atoms with Gasteiger partial charge in [0.15, 0.2) is 11.5 Å². The van der Waals surface area contributed by atoms with Gasteiger partial charge < -0.3 is 4.42 Å². The number of oxazole rings is 1. The topological polar surface area (TPSA) is 122 Å². The van der Waals surface area contributed by atoms with E-state index < -0.39 is 16.1 Å². The zero-order valence-electron chi connectivity index (χ0n) is 15.6. The van der Waals surface area contributed by atoms with Crippen molar-refractivity contribution in [2.24, 2.45) is 0 Å². The number of rotatable bonds is 7. The highest BCUT2D eigenvalue weighted by molar-refractivity contribution is 7.87. The Morgan fingerprint density at radius 2 is 1.92 bits per heavy atom. The van der Waals surface area contributed by atoms with E-state index in [-0.39, 0.29) is 23.7 Å². The molecule has 0 fully saturated rings. The second-order valence-corrected chi connectivity index (χ2v) is 8.43. The summed E-state index contributed by atoms with van der Waals surface area (Å²) >= 11 is 0. The van der Waals surface area contributed by atoms with Crippen LogP contribution in [0, 0.1) is 0 Å². The first kappa shape index (κ1) is 19.9. The highest BCUT2D eigenvalue weighted by Gasteiger charge is 2.22. The Hall–Kier alpha value is -2.40. The summed E-state index contributed by atoms with van der Waals surface area (Å²) in [6, 6.07) is 0.235. The van der Waals surface area contributed by atoms with E-state index in [0.717, 1.165) is 16.1 Å². The first-order chi connectivity index (χ1) is 12.0. The molecule has 0 radical (unpaired) electrons. The lowest BCUT2D eigenvalue weighted by atomic mass is 10.1. The Morgan fingerprint density at radius 3 is 2.46 bits per heavy atom. The van der Waals surface area contributed by atoms with E-state index in [1.165, 1.54) is 14.1 Å². The smallest absolute Gasteiger partial charge is 0.303 e. The van der Waals surface area contributed by atoms with Crippen molar-refractivity contribution in [2.75, 3.05) is 19.4 Å². The number of aromatic nitrogens is 3. The molecule has 0 saturated heterocycles. The second kappa shape index (κ2) is 7.46. The maximum Gasteiger partial charge on any atom is 0.303 e. The number of carbonyl (C=O) groups is 1. The number of nitrogens with one attached hydrogen (secondary N) is 2. The monoisotopic (exact) mass is 384 g/mol. The lowest BCUT2D eigenvalue weighted by molar-refractivity contribution is 0.0975. The van der Waals surface area contributed by atoms with Crippen LogP contribution < -0.4 is 10.0 Å². The van der Waals surface area contributed by atoms with Crippen LogP contribution in [0.3, 0.4) is 0 Å². The predicted molar refractivity (Wildman–Crippen MR) is 96.6 cm³/mol. The molecule has 0 aliphatic heterocycles. The molecule has 0 aromatic carbocycles. The number of anilines is 2. The molecule has 1 amide bonds. The largest absolute Gasteiger partial charge is 0.431 e. The van der Waals surface area contributed by atoms with Crippen LogP contribution in [0.2, 0.25) is 0 Å². The van der Waals surface area contributed by atoms with Gasteiger partial charge in [0.2, 0.25) is 0 Å². The molecular weight excluding hydrogens is 360 g/mol. The van der Waals surface area contributed by atoms with Gasteiger partial charge in [0.1, 0.15) is 6.26 Å². The van der Waals surface area contributed by atoms with Crippen molar-refractivity contribution in [2.45, 2.75) is 39.7 Å². The Kier molecular flexibility index (Phi) is 5.71. The summed E-state index contributed by atoms with van der Waals surface area (Å²) in [5, 5.41) is 7.41. The van der Waals surface area contributed by atoms with Crippen molar-refractivity contribution in [1.82, 2.24) is 23.8 Å². The van der Waals surface area contributed by atoms with Gasteiger partial charge in [-0.15, -0.1) is 0 Å². The molecule has 0 atom stereocenters. The first-order valence-electron chi connectivity index (χ1n) is 8.07. The zero-order chi connectivity index (χ0) is 19.6. The molecule has 0 bridgehead atoms. The van der Waals surface area contributed by atoms with Crippen LogP contribution in [0.25, 0.3) is 0 Å². The van der Waals surface area contributed by atoms with Gasteiger partial charge >= 0.3 is 16.2 Å². The molecule has 11 heteroatoms. The molecule has 0 aliphatic carbocycles. The summed E-state index contributed by atoms with van der Waals surface area (Å²) in [6.45, 7) is 8.10. The molecule has 2 aromatic heterocycles. The summed E-state index contributed by atoms with van der Waals surface area (Å²) in [5.41, 5.74) is 0.811. The van der Waals surface area contributed by atoms with Crippen LogP contribution in [0.15, 0.2) is 16.9 Å². The average Bonchev–Trinajstić information content (AvgIpc) is 3.14. The molecule has 26 heavy (non-hydrogen) atoms. The van der Waals surface area contributed by atoms with E-state index in [2.05, 4.69) is 15.4 Å². The SMILES string of the molecule is CC(C)c1cn(C(C)C)nc1Nc1nc(C(=O)NS(=O)(=O)N(C)C)co1. The highest BCUT2D eigenvalue weighted by atomic mass is 32.2. The third-order valence-corrected chi connectivity index (χ3v) is 4.98. The molecule has 2 rings (SSSR count). The van der Waals surface area contributed by atoms with Crippen LogP contribution in [0.1, 0.15) is 55.7 Å². The second-order valence-electron chi connectivity index (χ2n) is 6.54. The minimum Gasteiger partial charge on any atom is -0.431 e. The minimum atomic E-state index is -3.90. The normalized spacial score (nSPS) is 12.2. The Morgan fingerprint density at radius 1 is 1.27 bits per heavy atom. The fraction of sp³-hybridized carbons (Fsp3) is 0.533. The van der Waals surface area contributed by atoms with E-state index in [1.54, 1.807) is 0 Å². The lowest BCUT2D eigenvalue weighted by Crippen LogP contribution is -2.39. The summed E-state index contributed by atoms with van der Waals surface area (Å²) in [4.78, 5) is 16.0. The number of hydrogen-bond donors (Lipinski definition) is 2. The van der Waals surface area contributed by atoms with Crippen LogP contribution in [-0.2, 0) is 10.2 Å². The van der Waals surface area contributed by atoms with Crippen molar-refractivity contribution in [3.63, 3.8) is 0 Å². The van der Waals surface area contributed by atoms with Crippen LogP contribution >= 0.6 is 0 Å². The van der Waals surface area contributed by atoms with Crippen molar-refractivity contribution >= 4 is 27.9 Å². The fourth-order valence-electron chi connectivity index (χ4n) is 1.99. The van der Waals surface area contributed by atoms with Crippen molar-refractivity contribution in [3.8, 4) is 0 Å². The maximum absolute atomic E-state index is 12.0. The van der Waals surface area contributed by atoms with Crippen molar-refractivity contribution in [1.29, 1.82) is 0 Å². The third kappa shape index (κ3) is 4.41. The predicted octanol–water partition coefficient (Wildman–Crippen LogP) is 1.86. The summed E-state index contributed by atoms with van der Waals surface area (Å²) in [7, 11) is -1.28. The van der Waals surface area contributed by atoms with Gasteiger partial charge in [-0.05, 0) is 19.8 Å². The van der Waals surface area contributed by atoms with Gasteiger partial charge in [0.25, 0.3) is 5.91 Å². The van der Waals surface area contributed by atoms with E-state index >= 15 is 0 Å². The molecule has 0 unspecified atom stereocenters. The van der Waals surface area contributed by atoms with Gasteiger partial charge in [-0.3, -0.25) is 14.8 Å². The van der Waals surface area contributed by atoms with Crippen LogP contribution in [0.4, 0.5) is 11.8 Å². The third-order valence-electron chi connectivity index (χ3n) is 3.58. The molecule has 144 valence electrons. The number of nitrogens with zero attached hydrogens (tertiary/aromatic N) is 4. The summed E-state index contributed by atoms with van der Waals surface area (Å²) < 4.78 is 33.2. The minimum absolute atomic E-state index is 0.0494. The number of hydrogen-bond acceptors (Lipinski definition) is 7. The molecule has 0 aliphatic rings. The standard InChI is InChI=1S/C15H24N6O4S/c1-9(2)11-7-21(10(3)4)18-13(11)17-15-16-12(8-25-15)14(22)19-26(23,24)20(5)6/h7-10H,1-6H3,(H,19,22)(H,16,17,18). The molecule has 2 heterocycles. The molecule has 10 nitrogen and oxygen atoms in total. The fourth-order valence-corrected chi connectivity index (χ4v) is 2.51. The van der Waals surface area contributed by atoms with Gasteiger partial charge in [-0.1, -0.05) is 13.8 Å². The van der Waals surface area contributed by atoms with E-state index in [1.807, 2.05) is 43.3 Å². The van der Waals surface area contributed by atoms with Gasteiger partial charge in [-0.25, -0.2) is 4.72 Å². The Balaban J connectivity index is 2.20. The highest BCUT2D eigenvalue weighted by Crippen LogP contribution is 2.27. The maximum atomic E-state index is 12.0. The van der Waals surface area contributed by atoms with E-state index in [9.17, 15) is 13.2 Å². The number of carbonyl (C=O) groups excluding carboxylic acids is 1. The van der Waals surface area contributed by atoms with Gasteiger partial charge in [0.05, 0.1) is 0 Å². The number of amides is 1. The lowest BCUT2D eigenvalue weighted by Gasteiger charge is -2.10. The van der Waals surface area contributed by atoms with Crippen LogP contribution in [-0.4, -0.2) is 47.5 Å². The Labute approximate surface area is 152 Å². The van der Waals surface area contributed by atoms with Crippen LogP contribution in [0.5, 0.6) is 0 Å². The molecule has 0 spiro atoms.